The molecule has 0 bridgehead atoms. The molecule has 1 aromatic heterocycles. The zero-order chi connectivity index (χ0) is 10.7. The number of rotatable bonds is 3. The van der Waals surface area contributed by atoms with Crippen LogP contribution in [0.25, 0.3) is 0 Å². The van der Waals surface area contributed by atoms with Crippen LogP contribution in [0.3, 0.4) is 0 Å². The Hall–Kier alpha value is -1.16. The maximum Gasteiger partial charge on any atom is 0.330 e. The first kappa shape index (κ1) is 10.4. The van der Waals surface area contributed by atoms with Gasteiger partial charge >= 0.3 is 5.97 Å². The molecule has 0 spiro atoms. The molecule has 80 valence electrons. The van der Waals surface area contributed by atoms with E-state index in [0.717, 1.165) is 18.6 Å². The highest BCUT2D eigenvalue weighted by Gasteiger charge is 2.26. The fraction of sp³-hybridized carbons (Fsp3) is 0.455. The first-order valence-corrected chi connectivity index (χ1v) is 5.96. The van der Waals surface area contributed by atoms with Crippen molar-refractivity contribution in [3.05, 3.63) is 22.4 Å². The number of esters is 1. The largest absolute Gasteiger partial charge is 0.464 e. The van der Waals surface area contributed by atoms with Gasteiger partial charge in [-0.3, -0.25) is 4.99 Å². The minimum absolute atomic E-state index is 0.191. The lowest BCUT2D eigenvalue weighted by atomic mass is 10.2. The maximum absolute atomic E-state index is 11.4. The Labute approximate surface area is 92.8 Å². The first-order valence-electron chi connectivity index (χ1n) is 5.08. The minimum Gasteiger partial charge on any atom is -0.464 e. The van der Waals surface area contributed by atoms with E-state index < -0.39 is 0 Å². The van der Waals surface area contributed by atoms with Crippen molar-refractivity contribution in [2.24, 2.45) is 4.99 Å². The summed E-state index contributed by atoms with van der Waals surface area (Å²) in [6.45, 7) is 2.25. The quantitative estimate of drug-likeness (QED) is 0.737. The zero-order valence-corrected chi connectivity index (χ0v) is 9.42. The summed E-state index contributed by atoms with van der Waals surface area (Å²) in [5.41, 5.74) is 1.04. The van der Waals surface area contributed by atoms with Gasteiger partial charge in [0.15, 0.2) is 0 Å². The molecule has 0 fully saturated rings. The standard InChI is InChI=1S/C11H13NO2S/c1-2-14-11(13)9-6-5-8(12-9)10-4-3-7-15-10/h3-4,7,9H,2,5-6H2,1H3/t9-/m0/s1. The lowest BCUT2D eigenvalue weighted by Crippen LogP contribution is -2.18. The Morgan fingerprint density at radius 1 is 1.73 bits per heavy atom. The van der Waals surface area contributed by atoms with Crippen LogP contribution in [-0.4, -0.2) is 24.3 Å². The van der Waals surface area contributed by atoms with Crippen LogP contribution in [0.1, 0.15) is 24.6 Å². The van der Waals surface area contributed by atoms with Crippen LogP contribution >= 0.6 is 11.3 Å². The number of hydrogen-bond acceptors (Lipinski definition) is 4. The van der Waals surface area contributed by atoms with Crippen molar-refractivity contribution in [3.8, 4) is 0 Å². The number of carbonyl (C=O) groups excluding carboxylic acids is 1. The molecule has 4 heteroatoms. The van der Waals surface area contributed by atoms with E-state index in [4.69, 9.17) is 4.74 Å². The number of ether oxygens (including phenoxy) is 1. The Morgan fingerprint density at radius 3 is 3.27 bits per heavy atom. The summed E-state index contributed by atoms with van der Waals surface area (Å²) < 4.78 is 4.95. The van der Waals surface area contributed by atoms with Gasteiger partial charge in [0.1, 0.15) is 6.04 Å². The number of carbonyl (C=O) groups is 1. The molecular weight excluding hydrogens is 210 g/mol. The van der Waals surface area contributed by atoms with Crippen molar-refractivity contribution in [1.29, 1.82) is 0 Å². The number of nitrogens with zero attached hydrogens (tertiary/aromatic N) is 1. The van der Waals surface area contributed by atoms with E-state index in [-0.39, 0.29) is 12.0 Å². The molecule has 0 aromatic carbocycles. The lowest BCUT2D eigenvalue weighted by molar-refractivity contribution is -0.144. The van der Waals surface area contributed by atoms with Gasteiger partial charge in [0.05, 0.1) is 12.3 Å². The molecule has 1 aromatic rings. The topological polar surface area (TPSA) is 38.7 Å². The summed E-state index contributed by atoms with van der Waals surface area (Å²) >= 11 is 1.66. The smallest absolute Gasteiger partial charge is 0.330 e. The first-order chi connectivity index (χ1) is 7.31. The molecule has 0 saturated carbocycles. The molecule has 1 aliphatic heterocycles. The normalized spacial score (nSPS) is 20.1. The average Bonchev–Trinajstić information content (AvgIpc) is 2.89. The van der Waals surface area contributed by atoms with E-state index >= 15 is 0 Å². The van der Waals surface area contributed by atoms with Crippen LogP contribution in [-0.2, 0) is 9.53 Å². The number of thiophene rings is 1. The van der Waals surface area contributed by atoms with Crippen molar-refractivity contribution in [3.63, 3.8) is 0 Å². The molecule has 2 rings (SSSR count). The highest BCUT2D eigenvalue weighted by Crippen LogP contribution is 2.22. The van der Waals surface area contributed by atoms with Crippen molar-refractivity contribution in [2.45, 2.75) is 25.8 Å². The summed E-state index contributed by atoms with van der Waals surface area (Å²) in [4.78, 5) is 17.0. The van der Waals surface area contributed by atoms with E-state index in [1.807, 2.05) is 24.4 Å². The second kappa shape index (κ2) is 4.57. The van der Waals surface area contributed by atoms with E-state index in [9.17, 15) is 4.79 Å². The van der Waals surface area contributed by atoms with Gasteiger partial charge in [0, 0.05) is 4.88 Å². The number of hydrogen-bond donors (Lipinski definition) is 0. The predicted octanol–water partition coefficient (Wildman–Crippen LogP) is 2.26. The summed E-state index contributed by atoms with van der Waals surface area (Å²) in [5.74, 6) is -0.191. The molecule has 0 amide bonds. The van der Waals surface area contributed by atoms with Gasteiger partial charge in [-0.25, -0.2) is 4.79 Å². The fourth-order valence-electron chi connectivity index (χ4n) is 1.63. The van der Waals surface area contributed by atoms with Crippen LogP contribution in [0.15, 0.2) is 22.5 Å². The molecule has 2 heterocycles. The molecule has 1 aliphatic rings. The fourth-order valence-corrected chi connectivity index (χ4v) is 2.38. The van der Waals surface area contributed by atoms with E-state index in [1.54, 1.807) is 11.3 Å². The third kappa shape index (κ3) is 2.26. The molecule has 1 atom stereocenters. The Bertz CT molecular complexity index is 370. The summed E-state index contributed by atoms with van der Waals surface area (Å²) in [5, 5.41) is 2.02. The molecule has 0 N–H and O–H groups in total. The minimum atomic E-state index is -0.276. The molecule has 0 saturated heterocycles. The van der Waals surface area contributed by atoms with Crippen LogP contribution < -0.4 is 0 Å². The van der Waals surface area contributed by atoms with Crippen LogP contribution in [0, 0.1) is 0 Å². The molecule has 0 aliphatic carbocycles. The van der Waals surface area contributed by atoms with Gasteiger partial charge in [0.2, 0.25) is 0 Å². The van der Waals surface area contributed by atoms with Gasteiger partial charge in [-0.05, 0) is 31.2 Å². The SMILES string of the molecule is CCOC(=O)[C@@H]1CCC(c2cccs2)=N1. The molecule has 0 radical (unpaired) electrons. The zero-order valence-electron chi connectivity index (χ0n) is 8.60. The van der Waals surface area contributed by atoms with Crippen molar-refractivity contribution in [1.82, 2.24) is 0 Å². The highest BCUT2D eigenvalue weighted by molar-refractivity contribution is 7.12. The van der Waals surface area contributed by atoms with Gasteiger partial charge in [0.25, 0.3) is 0 Å². The molecule has 3 nitrogen and oxygen atoms in total. The number of aliphatic imine (C=N–C) groups is 1. The van der Waals surface area contributed by atoms with E-state index in [1.165, 1.54) is 4.88 Å². The Balaban J connectivity index is 2.06. The van der Waals surface area contributed by atoms with Gasteiger partial charge in [-0.15, -0.1) is 11.3 Å². The van der Waals surface area contributed by atoms with Gasteiger partial charge < -0.3 is 4.74 Å². The van der Waals surface area contributed by atoms with Crippen LogP contribution in [0.5, 0.6) is 0 Å². The second-order valence-electron chi connectivity index (χ2n) is 3.36. The van der Waals surface area contributed by atoms with Crippen molar-refractivity contribution >= 4 is 23.0 Å². The highest BCUT2D eigenvalue weighted by atomic mass is 32.1. The van der Waals surface area contributed by atoms with E-state index in [2.05, 4.69) is 4.99 Å². The van der Waals surface area contributed by atoms with E-state index in [0.29, 0.717) is 6.61 Å². The van der Waals surface area contributed by atoms with Crippen LogP contribution in [0.2, 0.25) is 0 Å². The van der Waals surface area contributed by atoms with Crippen LogP contribution in [0.4, 0.5) is 0 Å². The third-order valence-corrected chi connectivity index (χ3v) is 3.25. The Kier molecular flexibility index (Phi) is 3.16. The maximum atomic E-state index is 11.4. The lowest BCUT2D eigenvalue weighted by Gasteiger charge is -2.04. The summed E-state index contributed by atoms with van der Waals surface area (Å²) in [6, 6.07) is 3.76. The molecule has 0 unspecified atom stereocenters. The van der Waals surface area contributed by atoms with Gasteiger partial charge in [-0.1, -0.05) is 6.07 Å². The van der Waals surface area contributed by atoms with Gasteiger partial charge in [-0.2, -0.15) is 0 Å². The Morgan fingerprint density at radius 2 is 2.60 bits per heavy atom. The third-order valence-electron chi connectivity index (χ3n) is 2.33. The molecule has 15 heavy (non-hydrogen) atoms. The summed E-state index contributed by atoms with van der Waals surface area (Å²) in [7, 11) is 0. The van der Waals surface area contributed by atoms with Crippen molar-refractivity contribution < 1.29 is 9.53 Å². The van der Waals surface area contributed by atoms with Crippen molar-refractivity contribution in [2.75, 3.05) is 6.61 Å². The molecular formula is C11H13NO2S. The predicted molar refractivity (Wildman–Crippen MR) is 60.5 cm³/mol. The second-order valence-corrected chi connectivity index (χ2v) is 4.31. The summed E-state index contributed by atoms with van der Waals surface area (Å²) in [6.07, 6.45) is 1.66. The average molecular weight is 223 g/mol. The monoisotopic (exact) mass is 223 g/mol.